The minimum absolute atomic E-state index is 0.404. The Hall–Kier alpha value is -2.76. The molecule has 6 heterocycles. The second-order valence-electron chi connectivity index (χ2n) is 20.7. The molecule has 6 fully saturated rings. The summed E-state index contributed by atoms with van der Waals surface area (Å²) in [5.41, 5.74) is 0. The summed E-state index contributed by atoms with van der Waals surface area (Å²) in [6.45, 7) is -2.51. The summed E-state index contributed by atoms with van der Waals surface area (Å²) in [6.07, 6.45) is -56.8. The van der Waals surface area contributed by atoms with Gasteiger partial charge in [0.25, 0.3) is 0 Å². The second-order valence-corrected chi connectivity index (χ2v) is 20.7. The lowest BCUT2D eigenvalue weighted by Crippen LogP contribution is -2.70. The van der Waals surface area contributed by atoms with Crippen molar-refractivity contribution in [3.05, 3.63) is 11.8 Å². The minimum atomic E-state index is -2.31. The number of aliphatic hydroxyl groups excluding tert-OH is 20. The van der Waals surface area contributed by atoms with Crippen LogP contribution in [0.1, 0.15) is 27.2 Å². The average molecular weight is 1220 g/mol. The number of hydrogen-bond donors (Lipinski definition) is 22. The summed E-state index contributed by atoms with van der Waals surface area (Å²) in [4.78, 5) is 24.7. The van der Waals surface area contributed by atoms with Crippen LogP contribution >= 0.6 is 0 Å². The average Bonchev–Trinajstić information content (AvgIpc) is 3.53. The molecule has 0 aromatic rings. The van der Waals surface area contributed by atoms with E-state index in [-0.39, 0.29) is 0 Å². The fraction of sp³-hybridized carbons (Fsp3) is 0.915. The monoisotopic (exact) mass is 1220 g/mol. The molecule has 36 heteroatoms. The zero-order valence-corrected chi connectivity index (χ0v) is 44.9. The summed E-state index contributed by atoms with van der Waals surface area (Å²) in [7, 11) is 0. The van der Waals surface area contributed by atoms with Gasteiger partial charge in [-0.1, -0.05) is 0 Å². The Labute approximate surface area is 471 Å². The van der Waals surface area contributed by atoms with E-state index in [0.29, 0.717) is 6.08 Å². The Morgan fingerprint density at radius 2 is 0.855 bits per heavy atom. The normalized spacial score (nSPS) is 46.2. The SMILES string of the molecule is CC(=O)NC1C(O)[C@H](O[C@@H]2OC(CO[C@H]3OC(CO[C@H]4OC(CO)[C@@H](O)C(O)C4O)[C@@H](O)C(O[C@@H](O)/C=C(\O)[C@H](O)CCO)C3O)[C@@H](O)C(O[C@H]3OC(CO)[C@@H](O)C(O)C3O)C2O)C(CO)O[C@H]1O[C@@H]1C(CO)O[C@@H](C)C(NC(C)=O)C1O. The van der Waals surface area contributed by atoms with Crippen LogP contribution in [-0.4, -0.2) is 357 Å². The molecule has 18 unspecified atom stereocenters. The first-order valence-electron chi connectivity index (χ1n) is 26.5. The van der Waals surface area contributed by atoms with E-state index in [1.807, 2.05) is 0 Å². The molecule has 6 rings (SSSR count). The van der Waals surface area contributed by atoms with Gasteiger partial charge in [0.1, 0.15) is 152 Å². The number of ether oxygens (including phenoxy) is 12. The van der Waals surface area contributed by atoms with Gasteiger partial charge in [-0.2, -0.15) is 0 Å². The summed E-state index contributed by atoms with van der Waals surface area (Å²) in [6, 6.07) is -2.86. The third-order valence-electron chi connectivity index (χ3n) is 14.8. The maximum absolute atomic E-state index is 12.7. The molecule has 0 saturated carbocycles. The second kappa shape index (κ2) is 30.9. The first-order valence-corrected chi connectivity index (χ1v) is 26.5. The highest BCUT2D eigenvalue weighted by molar-refractivity contribution is 5.73. The van der Waals surface area contributed by atoms with Gasteiger partial charge in [-0.15, -0.1) is 0 Å². The Morgan fingerprint density at radius 1 is 0.458 bits per heavy atom. The molecule has 6 aliphatic heterocycles. The summed E-state index contributed by atoms with van der Waals surface area (Å²) in [5.74, 6) is -2.32. The molecule has 482 valence electrons. The van der Waals surface area contributed by atoms with E-state index >= 15 is 0 Å². The summed E-state index contributed by atoms with van der Waals surface area (Å²) >= 11 is 0. The molecule has 0 aromatic carbocycles. The van der Waals surface area contributed by atoms with Crippen LogP contribution in [0.2, 0.25) is 0 Å². The fourth-order valence-corrected chi connectivity index (χ4v) is 10.2. The number of amides is 2. The lowest BCUT2D eigenvalue weighted by molar-refractivity contribution is -0.384. The highest BCUT2D eigenvalue weighted by Gasteiger charge is 2.57. The van der Waals surface area contributed by atoms with Gasteiger partial charge in [0, 0.05) is 33.0 Å². The van der Waals surface area contributed by atoms with Crippen molar-refractivity contribution in [2.75, 3.05) is 46.2 Å². The Morgan fingerprint density at radius 3 is 1.39 bits per heavy atom. The van der Waals surface area contributed by atoms with E-state index in [4.69, 9.17) is 56.8 Å². The van der Waals surface area contributed by atoms with Crippen molar-refractivity contribution in [1.82, 2.24) is 10.6 Å². The molecule has 0 bridgehead atoms. The van der Waals surface area contributed by atoms with Gasteiger partial charge in [0.2, 0.25) is 11.8 Å². The fourth-order valence-electron chi connectivity index (χ4n) is 10.2. The third kappa shape index (κ3) is 16.3. The highest BCUT2D eigenvalue weighted by Crippen LogP contribution is 2.36. The number of rotatable bonds is 24. The quantitative estimate of drug-likeness (QED) is 0.0315. The predicted molar refractivity (Wildman–Crippen MR) is 259 cm³/mol. The molecule has 36 nitrogen and oxygen atoms in total. The molecule has 22 N–H and O–H groups in total. The maximum Gasteiger partial charge on any atom is 0.217 e. The molecule has 0 aromatic heterocycles. The van der Waals surface area contributed by atoms with E-state index in [1.165, 1.54) is 6.92 Å². The Kier molecular flexibility index (Phi) is 25.8. The van der Waals surface area contributed by atoms with Crippen molar-refractivity contribution in [2.24, 2.45) is 0 Å². The van der Waals surface area contributed by atoms with Crippen LogP contribution in [0.5, 0.6) is 0 Å². The molecular weight excluding hydrogens is 1140 g/mol. The van der Waals surface area contributed by atoms with Crippen LogP contribution < -0.4 is 10.6 Å². The third-order valence-corrected chi connectivity index (χ3v) is 14.8. The van der Waals surface area contributed by atoms with Gasteiger partial charge in [-0.25, -0.2) is 0 Å². The molecule has 6 saturated heterocycles. The van der Waals surface area contributed by atoms with E-state index in [1.54, 1.807) is 0 Å². The molecule has 6 aliphatic rings. The van der Waals surface area contributed by atoms with Gasteiger partial charge >= 0.3 is 0 Å². The van der Waals surface area contributed by atoms with Crippen LogP contribution in [0.3, 0.4) is 0 Å². The molecular formula is C47H80N2O34. The van der Waals surface area contributed by atoms with Gasteiger partial charge in [0.15, 0.2) is 37.7 Å². The first-order chi connectivity index (χ1) is 39.2. The van der Waals surface area contributed by atoms with Gasteiger partial charge in [0.05, 0.1) is 51.8 Å². The maximum atomic E-state index is 12.7. The van der Waals surface area contributed by atoms with Crippen LogP contribution in [-0.2, 0) is 66.4 Å². The van der Waals surface area contributed by atoms with E-state index < -0.39 is 267 Å². The van der Waals surface area contributed by atoms with E-state index in [9.17, 15) is 112 Å². The predicted octanol–water partition coefficient (Wildman–Crippen LogP) is -13.2. The number of carbonyl (C=O) groups is 2. The molecule has 0 aliphatic carbocycles. The van der Waals surface area contributed by atoms with Crippen molar-refractivity contribution in [3.8, 4) is 0 Å². The van der Waals surface area contributed by atoms with Crippen LogP contribution in [0, 0.1) is 0 Å². The van der Waals surface area contributed by atoms with Crippen LogP contribution in [0.25, 0.3) is 0 Å². The molecule has 83 heavy (non-hydrogen) atoms. The lowest BCUT2D eigenvalue weighted by Gasteiger charge is -2.50. The van der Waals surface area contributed by atoms with E-state index in [2.05, 4.69) is 10.6 Å². The largest absolute Gasteiger partial charge is 0.510 e. The standard InChI is InChI=1S/C47H80N2O34/c1-13-25(48-14(2)55)31(64)39(20(9-53)74-13)81-43-26(49-15(3)56)32(65)40(21(10-54)77-43)82-47-38(71)42(83-46-36(69)34(67)28(61)19(8-52)76-46)30(63)23(79-47)12-73-45-37(70)41(80-24(59)6-17(58)16(57)4-5-50)29(62)22(78-45)11-72-44-35(68)33(66)27(60)18(7-51)75-44/h6,13,16,18-47,50-54,57-71H,4-5,7-12H2,1-3H3,(H,48,55)(H,49,56)/b17-6-/t13-,16+,18?,19?,20?,21?,22?,23?,24+,25?,26?,27+,28+,29+,30+,31?,32?,33?,34?,35?,36?,37?,38?,39+,40+,41?,42?,43-,44-,45-,46+,47-/m0/s1. The smallest absolute Gasteiger partial charge is 0.217 e. The highest BCUT2D eigenvalue weighted by atomic mass is 16.8. The van der Waals surface area contributed by atoms with Crippen molar-refractivity contribution < 1.29 is 169 Å². The first kappa shape index (κ1) is 69.3. The number of carbonyl (C=O) groups excluding carboxylic acids is 2. The zero-order valence-electron chi connectivity index (χ0n) is 44.9. The lowest BCUT2D eigenvalue weighted by atomic mass is 9.92. The molecule has 2 amide bonds. The number of aliphatic hydroxyl groups is 20. The number of nitrogens with one attached hydrogen (secondary N) is 2. The van der Waals surface area contributed by atoms with E-state index in [0.717, 1.165) is 13.8 Å². The van der Waals surface area contributed by atoms with Gasteiger partial charge in [-0.05, 0) is 6.92 Å². The number of hydrogen-bond acceptors (Lipinski definition) is 34. The van der Waals surface area contributed by atoms with Crippen LogP contribution in [0.4, 0.5) is 0 Å². The summed E-state index contributed by atoms with van der Waals surface area (Å²) in [5, 5.41) is 219. The zero-order chi connectivity index (χ0) is 61.5. The van der Waals surface area contributed by atoms with Crippen molar-refractivity contribution in [1.29, 1.82) is 0 Å². The van der Waals surface area contributed by atoms with Crippen LogP contribution in [0.15, 0.2) is 11.8 Å². The van der Waals surface area contributed by atoms with Crippen molar-refractivity contribution in [3.63, 3.8) is 0 Å². The minimum Gasteiger partial charge on any atom is -0.510 e. The molecule has 32 atom stereocenters. The molecule has 0 radical (unpaired) electrons. The Balaban J connectivity index is 1.29. The van der Waals surface area contributed by atoms with Crippen molar-refractivity contribution in [2.45, 2.75) is 224 Å². The Bertz CT molecular complexity index is 2040. The van der Waals surface area contributed by atoms with Crippen molar-refractivity contribution >= 4 is 11.8 Å². The summed E-state index contributed by atoms with van der Waals surface area (Å²) < 4.78 is 69.2. The molecule has 0 spiro atoms. The van der Waals surface area contributed by atoms with Gasteiger partial charge in [-0.3, -0.25) is 9.59 Å². The topological polar surface area (TPSA) is 574 Å². The van der Waals surface area contributed by atoms with Gasteiger partial charge < -0.3 is 170 Å².